The third kappa shape index (κ3) is 14.6. The normalized spacial score (nSPS) is 15.3. The highest BCUT2D eigenvalue weighted by molar-refractivity contribution is 4.76. The summed E-state index contributed by atoms with van der Waals surface area (Å²) in [5.41, 5.74) is 0. The van der Waals surface area contributed by atoms with E-state index in [1.807, 2.05) is 21.1 Å². The Labute approximate surface area is 180 Å². The summed E-state index contributed by atoms with van der Waals surface area (Å²) in [5.74, 6) is 0. The maximum atomic E-state index is 10.3. The van der Waals surface area contributed by atoms with E-state index in [4.69, 9.17) is 0 Å². The molecule has 3 N–H and O–H groups in total. The molecule has 0 rings (SSSR count). The van der Waals surface area contributed by atoms with Gasteiger partial charge in [0.05, 0.1) is 33.9 Å². The number of hydrogen-bond acceptors (Lipinski definition) is 3. The lowest BCUT2D eigenvalue weighted by Gasteiger charge is -2.37. The first-order valence-corrected chi connectivity index (χ1v) is 10.6. The number of unbranched alkanes of at least 4 members (excludes halogenated alkanes) is 11. The van der Waals surface area contributed by atoms with E-state index in [2.05, 4.69) is 6.92 Å². The average Bonchev–Trinajstić information content (AvgIpc) is 2.54. The number of nitrogens with zero attached hydrogens (tertiary/aromatic N) is 1. The smallest absolute Gasteiger partial charge is 0.141 e. The second-order valence-corrected chi connectivity index (χ2v) is 8.60. The third-order valence-corrected chi connectivity index (χ3v) is 5.32. The number of hydrogen-bond donors (Lipinski definition) is 3. The SMILES string of the molecule is CCCCCCCCCCCCCC[C@@H](O)[C@@H](O)[C@@H](CO)[N+](C)(C)C.[I-]. The molecule has 0 saturated heterocycles. The Kier molecular flexibility index (Phi) is 19.5. The van der Waals surface area contributed by atoms with Crippen molar-refractivity contribution < 1.29 is 43.8 Å². The molecule has 26 heavy (non-hydrogen) atoms. The van der Waals surface area contributed by atoms with Crippen molar-refractivity contribution in [2.75, 3.05) is 27.7 Å². The molecule has 3 atom stereocenters. The van der Waals surface area contributed by atoms with Crippen LogP contribution in [0.3, 0.4) is 0 Å². The predicted molar refractivity (Wildman–Crippen MR) is 107 cm³/mol. The molecule has 5 heteroatoms. The van der Waals surface area contributed by atoms with E-state index in [1.165, 1.54) is 64.2 Å². The molecule has 0 radical (unpaired) electrons. The molecule has 0 aliphatic rings. The van der Waals surface area contributed by atoms with Crippen molar-refractivity contribution in [2.24, 2.45) is 0 Å². The number of quaternary nitrogens is 1. The third-order valence-electron chi connectivity index (χ3n) is 5.32. The first-order valence-electron chi connectivity index (χ1n) is 10.6. The maximum Gasteiger partial charge on any atom is 0.141 e. The van der Waals surface area contributed by atoms with E-state index >= 15 is 0 Å². The van der Waals surface area contributed by atoms with Crippen molar-refractivity contribution in [1.29, 1.82) is 0 Å². The molecular formula is C21H46INO3. The number of likely N-dealkylation sites (N-methyl/N-ethyl adjacent to an activating group) is 1. The number of halogens is 1. The standard InChI is InChI=1S/C21H46NO3.HI/c1-5-6-7-8-9-10-11-12-13-14-15-16-17-20(24)21(25)19(18-23)22(2,3)4;/h19-21,23-25H,5-18H2,1-4H3;1H/q+1;/p-1/t19-,20-,21+;/m1./s1. The van der Waals surface area contributed by atoms with E-state index in [0.29, 0.717) is 10.9 Å². The fraction of sp³-hybridized carbons (Fsp3) is 1.00. The first kappa shape index (κ1) is 28.8. The molecule has 0 unspecified atom stereocenters. The van der Waals surface area contributed by atoms with E-state index in [9.17, 15) is 15.3 Å². The van der Waals surface area contributed by atoms with Gasteiger partial charge in [0.2, 0.25) is 0 Å². The molecule has 0 heterocycles. The minimum Gasteiger partial charge on any atom is -1.00 e. The van der Waals surface area contributed by atoms with Gasteiger partial charge < -0.3 is 43.8 Å². The predicted octanol–water partition coefficient (Wildman–Crippen LogP) is 0.871. The summed E-state index contributed by atoms with van der Waals surface area (Å²) >= 11 is 0. The Balaban J connectivity index is 0. The van der Waals surface area contributed by atoms with Crippen LogP contribution in [0, 0.1) is 0 Å². The van der Waals surface area contributed by atoms with Gasteiger partial charge in [0, 0.05) is 0 Å². The lowest BCUT2D eigenvalue weighted by atomic mass is 9.98. The quantitative estimate of drug-likeness (QED) is 0.162. The monoisotopic (exact) mass is 487 g/mol. The van der Waals surface area contributed by atoms with Crippen LogP contribution in [0.2, 0.25) is 0 Å². The van der Waals surface area contributed by atoms with Crippen LogP contribution in [-0.2, 0) is 0 Å². The number of rotatable bonds is 17. The van der Waals surface area contributed by atoms with Crippen LogP contribution in [0.25, 0.3) is 0 Å². The van der Waals surface area contributed by atoms with Crippen LogP contribution < -0.4 is 24.0 Å². The number of aliphatic hydroxyl groups excluding tert-OH is 3. The fourth-order valence-electron chi connectivity index (χ4n) is 3.43. The lowest BCUT2D eigenvalue weighted by Crippen LogP contribution is -3.00. The molecule has 0 spiro atoms. The van der Waals surface area contributed by atoms with Crippen molar-refractivity contribution in [3.63, 3.8) is 0 Å². The van der Waals surface area contributed by atoms with Gasteiger partial charge in [0.25, 0.3) is 0 Å². The van der Waals surface area contributed by atoms with Crippen LogP contribution >= 0.6 is 0 Å². The highest BCUT2D eigenvalue weighted by atomic mass is 127. The van der Waals surface area contributed by atoms with Crippen molar-refractivity contribution in [3.8, 4) is 0 Å². The molecule has 0 fully saturated rings. The largest absolute Gasteiger partial charge is 1.00 e. The molecule has 0 saturated carbocycles. The first-order chi connectivity index (χ1) is 11.8. The van der Waals surface area contributed by atoms with Crippen LogP contribution in [0.5, 0.6) is 0 Å². The second-order valence-electron chi connectivity index (χ2n) is 8.60. The van der Waals surface area contributed by atoms with Gasteiger partial charge in [-0.15, -0.1) is 0 Å². The molecule has 0 aliphatic heterocycles. The van der Waals surface area contributed by atoms with Crippen molar-refractivity contribution in [2.45, 2.75) is 109 Å². The zero-order valence-electron chi connectivity index (χ0n) is 17.8. The molecule has 0 aromatic carbocycles. The molecule has 0 amide bonds. The number of aliphatic hydroxyl groups is 3. The Morgan fingerprint density at radius 2 is 1.08 bits per heavy atom. The molecule has 0 aromatic heterocycles. The van der Waals surface area contributed by atoms with Gasteiger partial charge in [-0.25, -0.2) is 0 Å². The minimum absolute atomic E-state index is 0. The lowest BCUT2D eigenvalue weighted by molar-refractivity contribution is -0.900. The fourth-order valence-corrected chi connectivity index (χ4v) is 3.43. The highest BCUT2D eigenvalue weighted by Gasteiger charge is 2.35. The summed E-state index contributed by atoms with van der Waals surface area (Å²) < 4.78 is 0.452. The van der Waals surface area contributed by atoms with Crippen LogP contribution in [-0.4, -0.2) is 65.8 Å². The van der Waals surface area contributed by atoms with E-state index in [-0.39, 0.29) is 36.6 Å². The molecule has 160 valence electrons. The van der Waals surface area contributed by atoms with Crippen molar-refractivity contribution in [1.82, 2.24) is 0 Å². The zero-order valence-corrected chi connectivity index (χ0v) is 20.0. The average molecular weight is 488 g/mol. The Hall–Kier alpha value is 0.570. The summed E-state index contributed by atoms with van der Waals surface area (Å²) in [6.07, 6.45) is 14.5. The van der Waals surface area contributed by atoms with Crippen LogP contribution in [0.15, 0.2) is 0 Å². The Morgan fingerprint density at radius 1 is 0.692 bits per heavy atom. The minimum atomic E-state index is -0.863. The highest BCUT2D eigenvalue weighted by Crippen LogP contribution is 2.17. The summed E-state index contributed by atoms with van der Waals surface area (Å²) in [6, 6.07) is -0.340. The summed E-state index contributed by atoms with van der Waals surface area (Å²) in [6.45, 7) is 2.15. The summed E-state index contributed by atoms with van der Waals surface area (Å²) in [5, 5.41) is 29.9. The molecule has 0 bridgehead atoms. The van der Waals surface area contributed by atoms with E-state index < -0.39 is 12.2 Å². The molecule has 4 nitrogen and oxygen atoms in total. The summed E-state index contributed by atoms with van der Waals surface area (Å²) in [4.78, 5) is 0. The molecule has 0 aromatic rings. The van der Waals surface area contributed by atoms with Gasteiger partial charge in [-0.1, -0.05) is 84.0 Å². The second kappa shape index (κ2) is 17.7. The Bertz CT molecular complexity index is 297. The zero-order chi connectivity index (χ0) is 19.1. The van der Waals surface area contributed by atoms with Gasteiger partial charge in [-0.3, -0.25) is 0 Å². The van der Waals surface area contributed by atoms with Gasteiger partial charge >= 0.3 is 0 Å². The topological polar surface area (TPSA) is 60.7 Å². The Morgan fingerprint density at radius 3 is 1.42 bits per heavy atom. The van der Waals surface area contributed by atoms with Crippen LogP contribution in [0.1, 0.15) is 90.4 Å². The van der Waals surface area contributed by atoms with Gasteiger partial charge in [0.15, 0.2) is 0 Å². The van der Waals surface area contributed by atoms with Gasteiger partial charge in [-0.2, -0.15) is 0 Å². The van der Waals surface area contributed by atoms with E-state index in [0.717, 1.165) is 12.8 Å². The maximum absolute atomic E-state index is 10.3. The van der Waals surface area contributed by atoms with Crippen molar-refractivity contribution >= 4 is 0 Å². The summed E-state index contributed by atoms with van der Waals surface area (Å²) in [7, 11) is 5.79. The van der Waals surface area contributed by atoms with E-state index in [1.54, 1.807) is 0 Å². The molecule has 0 aliphatic carbocycles. The molecular weight excluding hydrogens is 441 g/mol. The van der Waals surface area contributed by atoms with Gasteiger partial charge in [-0.05, 0) is 6.42 Å². The van der Waals surface area contributed by atoms with Crippen LogP contribution in [0.4, 0.5) is 0 Å². The van der Waals surface area contributed by atoms with Crippen molar-refractivity contribution in [3.05, 3.63) is 0 Å². The van der Waals surface area contributed by atoms with Gasteiger partial charge in [0.1, 0.15) is 12.1 Å².